The third kappa shape index (κ3) is 2.80. The molecular weight excluding hydrogens is 206 g/mol. The molecule has 1 N–H and O–H groups in total. The Bertz CT molecular complexity index is 319. The van der Waals surface area contributed by atoms with Crippen molar-refractivity contribution < 1.29 is 9.26 Å². The number of hydrogen-bond acceptors (Lipinski definition) is 5. The Balaban J connectivity index is 2.85. The molecule has 0 bridgehead atoms. The molecule has 1 aromatic rings. The summed E-state index contributed by atoms with van der Waals surface area (Å²) in [4.78, 5) is 4.38. The van der Waals surface area contributed by atoms with Crippen molar-refractivity contribution in [1.82, 2.24) is 15.5 Å². The van der Waals surface area contributed by atoms with E-state index in [1.807, 2.05) is 27.7 Å². The van der Waals surface area contributed by atoms with Crippen LogP contribution in [0.4, 0.5) is 0 Å². The number of ether oxygens (including phenoxy) is 1. The fourth-order valence-electron chi connectivity index (χ4n) is 1.59. The van der Waals surface area contributed by atoms with Gasteiger partial charge in [-0.2, -0.15) is 4.98 Å². The lowest BCUT2D eigenvalue weighted by Crippen LogP contribution is -2.36. The Hall–Kier alpha value is -0.940. The van der Waals surface area contributed by atoms with E-state index >= 15 is 0 Å². The van der Waals surface area contributed by atoms with Crippen molar-refractivity contribution in [3.05, 3.63) is 11.7 Å². The summed E-state index contributed by atoms with van der Waals surface area (Å²) in [6, 6.07) is 0. The molecule has 0 aliphatic carbocycles. The molecule has 5 heteroatoms. The van der Waals surface area contributed by atoms with E-state index in [1.54, 1.807) is 7.11 Å². The predicted molar refractivity (Wildman–Crippen MR) is 61.0 cm³/mol. The third-order valence-corrected chi connectivity index (χ3v) is 2.54. The second-order valence-electron chi connectivity index (χ2n) is 4.25. The zero-order valence-electron chi connectivity index (χ0n) is 10.7. The van der Waals surface area contributed by atoms with Crippen molar-refractivity contribution in [3.63, 3.8) is 0 Å². The minimum absolute atomic E-state index is 0.0880. The first-order valence-corrected chi connectivity index (χ1v) is 5.67. The predicted octanol–water partition coefficient (Wildman–Crippen LogP) is 2.01. The molecule has 1 heterocycles. The highest BCUT2D eigenvalue weighted by molar-refractivity contribution is 5.00. The van der Waals surface area contributed by atoms with Crippen LogP contribution in [-0.4, -0.2) is 23.8 Å². The molecule has 1 unspecified atom stereocenters. The van der Waals surface area contributed by atoms with Gasteiger partial charge in [-0.25, -0.2) is 0 Å². The fourth-order valence-corrected chi connectivity index (χ4v) is 1.59. The van der Waals surface area contributed by atoms with E-state index in [0.29, 0.717) is 11.7 Å². The summed E-state index contributed by atoms with van der Waals surface area (Å²) >= 11 is 0. The summed E-state index contributed by atoms with van der Waals surface area (Å²) in [5.74, 6) is 1.21. The van der Waals surface area contributed by atoms with Gasteiger partial charge in [0.2, 0.25) is 11.7 Å². The summed E-state index contributed by atoms with van der Waals surface area (Å²) in [5.41, 5.74) is -0.300. The van der Waals surface area contributed by atoms with Gasteiger partial charge in [-0.1, -0.05) is 19.0 Å². The largest absolute Gasteiger partial charge is 0.373 e. The van der Waals surface area contributed by atoms with Crippen molar-refractivity contribution in [1.29, 1.82) is 0 Å². The number of rotatable bonds is 6. The Morgan fingerprint density at radius 1 is 1.44 bits per heavy atom. The maximum absolute atomic E-state index is 5.27. The van der Waals surface area contributed by atoms with Crippen molar-refractivity contribution in [2.24, 2.45) is 0 Å². The van der Waals surface area contributed by atoms with Crippen LogP contribution in [0.1, 0.15) is 51.9 Å². The Morgan fingerprint density at radius 2 is 2.12 bits per heavy atom. The van der Waals surface area contributed by atoms with Crippen molar-refractivity contribution >= 4 is 0 Å². The fraction of sp³-hybridized carbons (Fsp3) is 0.818. The molecule has 0 fully saturated rings. The van der Waals surface area contributed by atoms with Crippen LogP contribution in [0.15, 0.2) is 4.52 Å². The minimum Gasteiger partial charge on any atom is -0.373 e. The average molecular weight is 227 g/mol. The van der Waals surface area contributed by atoms with E-state index in [-0.39, 0.29) is 11.6 Å². The van der Waals surface area contributed by atoms with E-state index in [9.17, 15) is 0 Å². The maximum atomic E-state index is 5.27. The number of hydrogen-bond donors (Lipinski definition) is 1. The molecule has 0 aromatic carbocycles. The summed E-state index contributed by atoms with van der Waals surface area (Å²) < 4.78 is 10.5. The molecule has 0 radical (unpaired) electrons. The quantitative estimate of drug-likeness (QED) is 0.805. The summed E-state index contributed by atoms with van der Waals surface area (Å²) in [5, 5.41) is 7.24. The van der Waals surface area contributed by atoms with Crippen LogP contribution in [0.3, 0.4) is 0 Å². The molecule has 5 nitrogen and oxygen atoms in total. The van der Waals surface area contributed by atoms with E-state index in [4.69, 9.17) is 9.26 Å². The second kappa shape index (κ2) is 5.41. The number of nitrogens with one attached hydrogen (secondary N) is 1. The van der Waals surface area contributed by atoms with Gasteiger partial charge in [0.1, 0.15) is 6.10 Å². The van der Waals surface area contributed by atoms with Gasteiger partial charge in [0, 0.05) is 7.11 Å². The van der Waals surface area contributed by atoms with Crippen LogP contribution >= 0.6 is 0 Å². The Labute approximate surface area is 96.6 Å². The first kappa shape index (κ1) is 13.1. The molecule has 16 heavy (non-hydrogen) atoms. The molecule has 1 atom stereocenters. The van der Waals surface area contributed by atoms with Crippen LogP contribution in [0.5, 0.6) is 0 Å². The van der Waals surface area contributed by atoms with Gasteiger partial charge in [-0.3, -0.25) is 0 Å². The maximum Gasteiger partial charge on any atom is 0.246 e. The lowest BCUT2D eigenvalue weighted by molar-refractivity contribution is 0.0903. The van der Waals surface area contributed by atoms with Crippen LogP contribution in [0, 0.1) is 0 Å². The van der Waals surface area contributed by atoms with Crippen LogP contribution in [-0.2, 0) is 10.3 Å². The molecule has 0 spiro atoms. The summed E-state index contributed by atoms with van der Waals surface area (Å²) in [7, 11) is 1.65. The molecule has 0 saturated heterocycles. The lowest BCUT2D eigenvalue weighted by atomic mass is 10.1. The highest BCUT2D eigenvalue weighted by Gasteiger charge is 2.27. The molecule has 1 aromatic heterocycles. The molecule has 1 rings (SSSR count). The molecule has 0 aliphatic heterocycles. The second-order valence-corrected chi connectivity index (χ2v) is 4.25. The Kier molecular flexibility index (Phi) is 4.44. The van der Waals surface area contributed by atoms with E-state index in [1.165, 1.54) is 0 Å². The number of methoxy groups -OCH3 is 1. The topological polar surface area (TPSA) is 60.2 Å². The number of nitrogens with zero attached hydrogens (tertiary/aromatic N) is 2. The molecular formula is C11H21N3O2. The van der Waals surface area contributed by atoms with Gasteiger partial charge in [-0.15, -0.1) is 0 Å². The van der Waals surface area contributed by atoms with E-state index in [0.717, 1.165) is 13.0 Å². The first-order valence-electron chi connectivity index (χ1n) is 5.67. The third-order valence-electron chi connectivity index (χ3n) is 2.54. The van der Waals surface area contributed by atoms with Gasteiger partial charge in [-0.05, 0) is 26.8 Å². The molecule has 0 aliphatic rings. The van der Waals surface area contributed by atoms with E-state index < -0.39 is 0 Å². The van der Waals surface area contributed by atoms with Crippen molar-refractivity contribution in [3.8, 4) is 0 Å². The average Bonchev–Trinajstić information content (AvgIpc) is 2.69. The number of aromatic nitrogens is 2. The summed E-state index contributed by atoms with van der Waals surface area (Å²) in [6.45, 7) is 8.96. The van der Waals surface area contributed by atoms with Gasteiger partial charge >= 0.3 is 0 Å². The smallest absolute Gasteiger partial charge is 0.246 e. The van der Waals surface area contributed by atoms with Gasteiger partial charge in [0.05, 0.1) is 5.54 Å². The van der Waals surface area contributed by atoms with Crippen molar-refractivity contribution in [2.45, 2.75) is 45.8 Å². The highest BCUT2D eigenvalue weighted by Crippen LogP contribution is 2.22. The lowest BCUT2D eigenvalue weighted by Gasteiger charge is -2.20. The normalized spacial score (nSPS) is 14.1. The van der Waals surface area contributed by atoms with Gasteiger partial charge in [0.25, 0.3) is 0 Å². The summed E-state index contributed by atoms with van der Waals surface area (Å²) in [6.07, 6.45) is 0.742. The SMILES string of the molecule is CCNC(C)(C)c1nc(C(CC)OC)no1. The zero-order valence-corrected chi connectivity index (χ0v) is 10.7. The van der Waals surface area contributed by atoms with Gasteiger partial charge in [0.15, 0.2) is 0 Å². The standard InChI is InChI=1S/C11H21N3O2/c1-6-8(15-5)9-13-10(16-14-9)11(3,4)12-7-2/h8,12H,6-7H2,1-5H3. The van der Waals surface area contributed by atoms with Crippen LogP contribution in [0.25, 0.3) is 0 Å². The zero-order chi connectivity index (χ0) is 12.2. The first-order chi connectivity index (χ1) is 7.55. The molecule has 92 valence electrons. The van der Waals surface area contributed by atoms with Gasteiger partial charge < -0.3 is 14.6 Å². The minimum atomic E-state index is -0.300. The van der Waals surface area contributed by atoms with Crippen LogP contribution < -0.4 is 5.32 Å². The highest BCUT2D eigenvalue weighted by atomic mass is 16.5. The molecule has 0 amide bonds. The monoisotopic (exact) mass is 227 g/mol. The molecule has 0 saturated carbocycles. The van der Waals surface area contributed by atoms with E-state index in [2.05, 4.69) is 15.5 Å². The van der Waals surface area contributed by atoms with Crippen LogP contribution in [0.2, 0.25) is 0 Å². The van der Waals surface area contributed by atoms with Crippen molar-refractivity contribution in [2.75, 3.05) is 13.7 Å². The Morgan fingerprint density at radius 3 is 2.62 bits per heavy atom.